The highest BCUT2D eigenvalue weighted by molar-refractivity contribution is 7.25. The number of thiophene rings is 1. The molecule has 0 fully saturated rings. The summed E-state index contributed by atoms with van der Waals surface area (Å²) in [5.74, 6) is 0. The number of hydrogen-bond acceptors (Lipinski definition) is 2. The molecule has 0 spiro atoms. The standard InChI is InChI=1S/C49H35NS/c1-49(2)45-22-7-5-17-41(45)44-21-11-20-40(48(44)49)33-24-26-35(27-25-33)50(37-28-29-43-42-18-6-8-23-46(42)51-47(43)31-37)36-15-9-14-34(30-36)39-19-10-13-32-12-3-4-16-38(32)39/h3-31H,1-2H3. The first kappa shape index (κ1) is 29.9. The molecule has 51 heavy (non-hydrogen) atoms. The van der Waals surface area contributed by atoms with E-state index in [4.69, 9.17) is 0 Å². The summed E-state index contributed by atoms with van der Waals surface area (Å²) in [5, 5.41) is 5.14. The Labute approximate surface area is 302 Å². The van der Waals surface area contributed by atoms with E-state index in [0.29, 0.717) is 0 Å². The lowest BCUT2D eigenvalue weighted by atomic mass is 9.79. The van der Waals surface area contributed by atoms with Gasteiger partial charge < -0.3 is 4.90 Å². The van der Waals surface area contributed by atoms with E-state index in [1.165, 1.54) is 75.5 Å². The second-order valence-corrected chi connectivity index (χ2v) is 15.2. The van der Waals surface area contributed by atoms with Crippen LogP contribution >= 0.6 is 11.3 Å². The molecule has 242 valence electrons. The molecule has 1 aliphatic carbocycles. The zero-order valence-corrected chi connectivity index (χ0v) is 29.4. The molecule has 1 aromatic heterocycles. The molecule has 8 aromatic carbocycles. The van der Waals surface area contributed by atoms with Crippen LogP contribution in [0, 0.1) is 0 Å². The minimum atomic E-state index is -0.0745. The van der Waals surface area contributed by atoms with Gasteiger partial charge in [0.2, 0.25) is 0 Å². The van der Waals surface area contributed by atoms with Gasteiger partial charge in [-0.25, -0.2) is 0 Å². The van der Waals surface area contributed by atoms with Crippen molar-refractivity contribution >= 4 is 59.3 Å². The summed E-state index contributed by atoms with van der Waals surface area (Å²) < 4.78 is 2.61. The molecule has 0 bridgehead atoms. The lowest BCUT2D eigenvalue weighted by Crippen LogP contribution is -2.16. The topological polar surface area (TPSA) is 3.24 Å². The number of rotatable bonds is 5. The van der Waals surface area contributed by atoms with Crippen LogP contribution in [0.3, 0.4) is 0 Å². The number of anilines is 3. The Hall–Kier alpha value is -5.96. The molecule has 0 N–H and O–H groups in total. The van der Waals surface area contributed by atoms with E-state index in [2.05, 4.69) is 195 Å². The van der Waals surface area contributed by atoms with Gasteiger partial charge in [0.05, 0.1) is 0 Å². The fourth-order valence-corrected chi connectivity index (χ4v) is 9.61. The highest BCUT2D eigenvalue weighted by Gasteiger charge is 2.37. The van der Waals surface area contributed by atoms with Crippen LogP contribution in [0.4, 0.5) is 17.1 Å². The smallest absolute Gasteiger partial charge is 0.0476 e. The average molecular weight is 670 g/mol. The largest absolute Gasteiger partial charge is 0.310 e. The quantitative estimate of drug-likeness (QED) is 0.176. The molecule has 10 rings (SSSR count). The molecule has 0 saturated carbocycles. The third-order valence-electron chi connectivity index (χ3n) is 10.8. The van der Waals surface area contributed by atoms with Crippen molar-refractivity contribution in [3.63, 3.8) is 0 Å². The molecular formula is C49H35NS. The van der Waals surface area contributed by atoms with E-state index < -0.39 is 0 Å². The maximum absolute atomic E-state index is 2.41. The first-order chi connectivity index (χ1) is 25.0. The number of benzene rings is 8. The van der Waals surface area contributed by atoms with Crippen molar-refractivity contribution in [1.29, 1.82) is 0 Å². The molecule has 0 saturated heterocycles. The van der Waals surface area contributed by atoms with E-state index in [-0.39, 0.29) is 5.41 Å². The molecule has 1 nitrogen and oxygen atoms in total. The summed E-state index contributed by atoms with van der Waals surface area (Å²) in [6.45, 7) is 4.73. The zero-order chi connectivity index (χ0) is 34.1. The second-order valence-electron chi connectivity index (χ2n) is 14.1. The van der Waals surface area contributed by atoms with Crippen LogP contribution in [-0.2, 0) is 5.41 Å². The van der Waals surface area contributed by atoms with Crippen molar-refractivity contribution < 1.29 is 0 Å². The van der Waals surface area contributed by atoms with Crippen molar-refractivity contribution in [3.8, 4) is 33.4 Å². The molecule has 2 heteroatoms. The third-order valence-corrected chi connectivity index (χ3v) is 12.0. The van der Waals surface area contributed by atoms with Gasteiger partial charge >= 0.3 is 0 Å². The molecule has 0 unspecified atom stereocenters. The van der Waals surface area contributed by atoms with Gasteiger partial charge in [0, 0.05) is 42.6 Å². The van der Waals surface area contributed by atoms with Gasteiger partial charge in [-0.15, -0.1) is 11.3 Å². The Morgan fingerprint density at radius 2 is 1.04 bits per heavy atom. The van der Waals surface area contributed by atoms with Gasteiger partial charge in [0.25, 0.3) is 0 Å². The predicted molar refractivity (Wildman–Crippen MR) is 220 cm³/mol. The first-order valence-electron chi connectivity index (χ1n) is 17.7. The first-order valence-corrected chi connectivity index (χ1v) is 18.5. The molecule has 1 aliphatic rings. The van der Waals surface area contributed by atoms with Gasteiger partial charge in [-0.05, 0) is 97.7 Å². The fraction of sp³-hybridized carbons (Fsp3) is 0.0612. The molecule has 0 aliphatic heterocycles. The SMILES string of the molecule is CC1(C)c2ccccc2-c2cccc(-c3ccc(N(c4cccc(-c5cccc6ccccc56)c4)c4ccc5c(c4)sc4ccccc45)cc3)c21. The van der Waals surface area contributed by atoms with E-state index in [1.807, 2.05) is 11.3 Å². The van der Waals surface area contributed by atoms with Crippen LogP contribution < -0.4 is 4.90 Å². The Morgan fingerprint density at radius 1 is 0.412 bits per heavy atom. The molecular weight excluding hydrogens is 635 g/mol. The van der Waals surface area contributed by atoms with E-state index in [9.17, 15) is 0 Å². The van der Waals surface area contributed by atoms with Crippen LogP contribution in [0.15, 0.2) is 176 Å². The summed E-state index contributed by atoms with van der Waals surface area (Å²) in [5.41, 5.74) is 13.8. The van der Waals surface area contributed by atoms with Crippen molar-refractivity contribution in [3.05, 3.63) is 187 Å². The Balaban J connectivity index is 1.12. The van der Waals surface area contributed by atoms with Crippen LogP contribution in [0.1, 0.15) is 25.0 Å². The number of nitrogens with zero attached hydrogens (tertiary/aromatic N) is 1. The van der Waals surface area contributed by atoms with Crippen LogP contribution in [-0.4, -0.2) is 0 Å². The molecule has 0 atom stereocenters. The minimum absolute atomic E-state index is 0.0745. The second kappa shape index (κ2) is 11.6. The Bertz CT molecular complexity index is 2780. The average Bonchev–Trinajstić information content (AvgIpc) is 3.67. The van der Waals surface area contributed by atoms with Crippen molar-refractivity contribution in [2.24, 2.45) is 0 Å². The van der Waals surface area contributed by atoms with Crippen molar-refractivity contribution in [2.75, 3.05) is 4.90 Å². The number of fused-ring (bicyclic) bond motifs is 7. The highest BCUT2D eigenvalue weighted by atomic mass is 32.1. The maximum Gasteiger partial charge on any atom is 0.0476 e. The maximum atomic E-state index is 2.41. The minimum Gasteiger partial charge on any atom is -0.310 e. The molecule has 0 radical (unpaired) electrons. The Kier molecular flexibility index (Phi) is 6.78. The lowest BCUT2D eigenvalue weighted by molar-refractivity contribution is 0.662. The normalized spacial score (nSPS) is 13.1. The van der Waals surface area contributed by atoms with Crippen molar-refractivity contribution in [1.82, 2.24) is 0 Å². The van der Waals surface area contributed by atoms with Gasteiger partial charge in [-0.2, -0.15) is 0 Å². The van der Waals surface area contributed by atoms with E-state index in [1.54, 1.807) is 0 Å². The van der Waals surface area contributed by atoms with Gasteiger partial charge in [0.15, 0.2) is 0 Å². The molecule has 9 aromatic rings. The molecule has 1 heterocycles. The fourth-order valence-electron chi connectivity index (χ4n) is 8.47. The van der Waals surface area contributed by atoms with Crippen LogP contribution in [0.25, 0.3) is 64.3 Å². The van der Waals surface area contributed by atoms with Gasteiger partial charge in [0.1, 0.15) is 0 Å². The third kappa shape index (κ3) is 4.75. The monoisotopic (exact) mass is 669 g/mol. The zero-order valence-electron chi connectivity index (χ0n) is 28.6. The summed E-state index contributed by atoms with van der Waals surface area (Å²) in [4.78, 5) is 2.41. The van der Waals surface area contributed by atoms with Gasteiger partial charge in [-0.3, -0.25) is 0 Å². The van der Waals surface area contributed by atoms with Crippen molar-refractivity contribution in [2.45, 2.75) is 19.3 Å². The van der Waals surface area contributed by atoms with Crippen LogP contribution in [0.2, 0.25) is 0 Å². The lowest BCUT2D eigenvalue weighted by Gasteiger charge is -2.27. The van der Waals surface area contributed by atoms with Gasteiger partial charge in [-0.1, -0.05) is 147 Å². The van der Waals surface area contributed by atoms with E-state index >= 15 is 0 Å². The summed E-state index contributed by atoms with van der Waals surface area (Å²) in [6, 6.07) is 64.8. The predicted octanol–water partition coefficient (Wildman–Crippen LogP) is 14.3. The summed E-state index contributed by atoms with van der Waals surface area (Å²) in [6.07, 6.45) is 0. The summed E-state index contributed by atoms with van der Waals surface area (Å²) >= 11 is 1.86. The molecule has 0 amide bonds. The number of hydrogen-bond donors (Lipinski definition) is 0. The highest BCUT2D eigenvalue weighted by Crippen LogP contribution is 2.52. The summed E-state index contributed by atoms with van der Waals surface area (Å²) in [7, 11) is 0. The van der Waals surface area contributed by atoms with Crippen LogP contribution in [0.5, 0.6) is 0 Å². The Morgan fingerprint density at radius 3 is 1.94 bits per heavy atom. The van der Waals surface area contributed by atoms with E-state index in [0.717, 1.165) is 17.1 Å².